The van der Waals surface area contributed by atoms with Gasteiger partial charge in [-0.1, -0.05) is 0 Å². The summed E-state index contributed by atoms with van der Waals surface area (Å²) in [6, 6.07) is 0. The second kappa shape index (κ2) is 3.14. The molecule has 5 nitrogen and oxygen atoms in total. The van der Waals surface area contributed by atoms with Gasteiger partial charge in [-0.25, -0.2) is 9.67 Å². The number of carboxylic acid groups (broad SMARTS) is 1. The van der Waals surface area contributed by atoms with Crippen molar-refractivity contribution >= 4 is 5.97 Å². The highest BCUT2D eigenvalue weighted by atomic mass is 16.4. The van der Waals surface area contributed by atoms with Crippen molar-refractivity contribution in [2.24, 2.45) is 0 Å². The van der Waals surface area contributed by atoms with Crippen molar-refractivity contribution in [1.29, 1.82) is 0 Å². The summed E-state index contributed by atoms with van der Waals surface area (Å²) in [4.78, 5) is 14.1. The summed E-state index contributed by atoms with van der Waals surface area (Å²) in [7, 11) is 0. The lowest BCUT2D eigenvalue weighted by atomic mass is 10.4. The van der Waals surface area contributed by atoms with Crippen LogP contribution in [-0.2, 0) is 17.8 Å². The van der Waals surface area contributed by atoms with E-state index in [4.69, 9.17) is 5.11 Å². The molecule has 0 aliphatic carbocycles. The van der Waals surface area contributed by atoms with Gasteiger partial charge in [-0.3, -0.25) is 4.79 Å². The van der Waals surface area contributed by atoms with Crippen LogP contribution >= 0.6 is 0 Å². The standard InChI is InChI=1S/C6H9N3O2/c1-2-9-5(3-6(10)11)7-4-8-9/h4H,2-3H2,1H3,(H,10,11). The van der Waals surface area contributed by atoms with Gasteiger partial charge in [0.15, 0.2) is 0 Å². The minimum absolute atomic E-state index is 0.0617. The molecule has 11 heavy (non-hydrogen) atoms. The van der Waals surface area contributed by atoms with Gasteiger partial charge in [0.25, 0.3) is 0 Å². The number of aromatic nitrogens is 3. The molecule has 0 saturated heterocycles. The number of carboxylic acids is 1. The van der Waals surface area contributed by atoms with E-state index in [1.807, 2.05) is 6.92 Å². The minimum Gasteiger partial charge on any atom is -0.481 e. The van der Waals surface area contributed by atoms with E-state index in [0.29, 0.717) is 12.4 Å². The minimum atomic E-state index is -0.882. The number of nitrogens with zero attached hydrogens (tertiary/aromatic N) is 3. The fraction of sp³-hybridized carbons (Fsp3) is 0.500. The van der Waals surface area contributed by atoms with Crippen molar-refractivity contribution in [1.82, 2.24) is 14.8 Å². The molecule has 0 saturated carbocycles. The van der Waals surface area contributed by atoms with Crippen LogP contribution in [0.4, 0.5) is 0 Å². The van der Waals surface area contributed by atoms with E-state index < -0.39 is 5.97 Å². The smallest absolute Gasteiger partial charge is 0.311 e. The summed E-state index contributed by atoms with van der Waals surface area (Å²) < 4.78 is 1.56. The molecule has 1 heterocycles. The van der Waals surface area contributed by atoms with Crippen molar-refractivity contribution in [2.75, 3.05) is 0 Å². The first kappa shape index (κ1) is 7.71. The quantitative estimate of drug-likeness (QED) is 0.663. The maximum atomic E-state index is 10.3. The number of aliphatic carboxylic acids is 1. The predicted molar refractivity (Wildman–Crippen MR) is 37.0 cm³/mol. The Morgan fingerprint density at radius 2 is 2.55 bits per heavy atom. The lowest BCUT2D eigenvalue weighted by Gasteiger charge is -1.97. The normalized spacial score (nSPS) is 9.91. The van der Waals surface area contributed by atoms with Crippen LogP contribution in [0.25, 0.3) is 0 Å². The van der Waals surface area contributed by atoms with Gasteiger partial charge in [0.2, 0.25) is 0 Å². The Morgan fingerprint density at radius 1 is 1.82 bits per heavy atom. The maximum Gasteiger partial charge on any atom is 0.311 e. The van der Waals surface area contributed by atoms with E-state index in [1.54, 1.807) is 4.68 Å². The summed E-state index contributed by atoms with van der Waals surface area (Å²) in [5.41, 5.74) is 0. The van der Waals surface area contributed by atoms with Crippen molar-refractivity contribution < 1.29 is 9.90 Å². The second-order valence-corrected chi connectivity index (χ2v) is 2.06. The van der Waals surface area contributed by atoms with Crippen LogP contribution in [0.3, 0.4) is 0 Å². The Bertz CT molecular complexity index is 256. The molecular weight excluding hydrogens is 146 g/mol. The van der Waals surface area contributed by atoms with Crippen molar-refractivity contribution in [3.8, 4) is 0 Å². The number of hydrogen-bond donors (Lipinski definition) is 1. The highest BCUT2D eigenvalue weighted by Gasteiger charge is 2.06. The Labute approximate surface area is 63.7 Å². The topological polar surface area (TPSA) is 68.0 Å². The van der Waals surface area contributed by atoms with Crippen LogP contribution < -0.4 is 0 Å². The van der Waals surface area contributed by atoms with Crippen LogP contribution in [-0.4, -0.2) is 25.8 Å². The Kier molecular flexibility index (Phi) is 2.20. The summed E-state index contributed by atoms with van der Waals surface area (Å²) >= 11 is 0. The van der Waals surface area contributed by atoms with Crippen LogP contribution in [0.5, 0.6) is 0 Å². The van der Waals surface area contributed by atoms with Gasteiger partial charge in [0.1, 0.15) is 18.6 Å². The zero-order chi connectivity index (χ0) is 8.27. The zero-order valence-electron chi connectivity index (χ0n) is 6.19. The molecule has 0 bridgehead atoms. The molecule has 60 valence electrons. The molecule has 0 amide bonds. The van der Waals surface area contributed by atoms with E-state index in [0.717, 1.165) is 0 Å². The molecule has 0 fully saturated rings. The third-order valence-corrected chi connectivity index (χ3v) is 1.30. The highest BCUT2D eigenvalue weighted by Crippen LogP contribution is 1.94. The summed E-state index contributed by atoms with van der Waals surface area (Å²) in [6.07, 6.45) is 1.30. The number of rotatable bonds is 3. The molecule has 0 aliphatic heterocycles. The SMILES string of the molecule is CCn1ncnc1CC(=O)O. The molecule has 5 heteroatoms. The molecule has 1 aromatic rings. The predicted octanol–water partition coefficient (Wildman–Crippen LogP) is -0.0749. The third kappa shape index (κ3) is 1.76. The Morgan fingerprint density at radius 3 is 3.09 bits per heavy atom. The van der Waals surface area contributed by atoms with Crippen LogP contribution in [0.15, 0.2) is 6.33 Å². The molecule has 1 aromatic heterocycles. The molecule has 0 aromatic carbocycles. The third-order valence-electron chi connectivity index (χ3n) is 1.30. The first-order chi connectivity index (χ1) is 5.24. The van der Waals surface area contributed by atoms with E-state index in [2.05, 4.69) is 10.1 Å². The maximum absolute atomic E-state index is 10.3. The van der Waals surface area contributed by atoms with Crippen LogP contribution in [0.2, 0.25) is 0 Å². The molecule has 1 N–H and O–H groups in total. The van der Waals surface area contributed by atoms with E-state index in [1.165, 1.54) is 6.33 Å². The van der Waals surface area contributed by atoms with Crippen molar-refractivity contribution in [3.63, 3.8) is 0 Å². The molecule has 0 aliphatic rings. The average Bonchev–Trinajstić information content (AvgIpc) is 2.34. The molecule has 0 radical (unpaired) electrons. The van der Waals surface area contributed by atoms with Gasteiger partial charge in [-0.15, -0.1) is 0 Å². The monoisotopic (exact) mass is 155 g/mol. The first-order valence-electron chi connectivity index (χ1n) is 3.32. The van der Waals surface area contributed by atoms with Gasteiger partial charge in [0.05, 0.1) is 0 Å². The van der Waals surface area contributed by atoms with Crippen LogP contribution in [0, 0.1) is 0 Å². The molecule has 0 atom stereocenters. The number of hydrogen-bond acceptors (Lipinski definition) is 3. The molecule has 0 unspecified atom stereocenters. The van der Waals surface area contributed by atoms with Gasteiger partial charge in [-0.05, 0) is 6.92 Å². The molecular formula is C6H9N3O2. The Balaban J connectivity index is 2.76. The van der Waals surface area contributed by atoms with Gasteiger partial charge in [-0.2, -0.15) is 5.10 Å². The number of aryl methyl sites for hydroxylation is 1. The van der Waals surface area contributed by atoms with E-state index in [9.17, 15) is 4.79 Å². The van der Waals surface area contributed by atoms with Crippen molar-refractivity contribution in [2.45, 2.75) is 19.9 Å². The zero-order valence-corrected chi connectivity index (χ0v) is 6.19. The summed E-state index contributed by atoms with van der Waals surface area (Å²) in [5.74, 6) is -0.382. The lowest BCUT2D eigenvalue weighted by molar-refractivity contribution is -0.136. The largest absolute Gasteiger partial charge is 0.481 e. The van der Waals surface area contributed by atoms with Gasteiger partial charge in [0, 0.05) is 6.54 Å². The fourth-order valence-corrected chi connectivity index (χ4v) is 0.824. The Hall–Kier alpha value is -1.39. The van der Waals surface area contributed by atoms with E-state index in [-0.39, 0.29) is 6.42 Å². The first-order valence-corrected chi connectivity index (χ1v) is 3.32. The summed E-state index contributed by atoms with van der Waals surface area (Å²) in [5, 5.41) is 12.3. The average molecular weight is 155 g/mol. The summed E-state index contributed by atoms with van der Waals surface area (Å²) in [6.45, 7) is 2.54. The highest BCUT2D eigenvalue weighted by molar-refractivity contribution is 5.68. The van der Waals surface area contributed by atoms with Gasteiger partial charge >= 0.3 is 5.97 Å². The fourth-order valence-electron chi connectivity index (χ4n) is 0.824. The van der Waals surface area contributed by atoms with Crippen LogP contribution in [0.1, 0.15) is 12.7 Å². The van der Waals surface area contributed by atoms with Crippen molar-refractivity contribution in [3.05, 3.63) is 12.2 Å². The molecule has 0 spiro atoms. The van der Waals surface area contributed by atoms with E-state index >= 15 is 0 Å². The lowest BCUT2D eigenvalue weighted by Crippen LogP contribution is -2.09. The second-order valence-electron chi connectivity index (χ2n) is 2.06. The molecule has 1 rings (SSSR count). The number of carbonyl (C=O) groups is 1. The van der Waals surface area contributed by atoms with Gasteiger partial charge < -0.3 is 5.11 Å².